The highest BCUT2D eigenvalue weighted by atomic mass is 19.1. The Morgan fingerprint density at radius 3 is 2.29 bits per heavy atom. The van der Waals surface area contributed by atoms with Crippen molar-refractivity contribution in [3.63, 3.8) is 0 Å². The van der Waals surface area contributed by atoms with Gasteiger partial charge in [-0.25, -0.2) is 4.39 Å². The molecule has 0 atom stereocenters. The van der Waals surface area contributed by atoms with Crippen molar-refractivity contribution in [3.05, 3.63) is 0 Å². The Bertz CT molecular complexity index is 63.0. The molecule has 0 radical (unpaired) electrons. The Balaban J connectivity index is 2.29. The molecule has 1 aliphatic rings. The highest BCUT2D eigenvalue weighted by molar-refractivity contribution is 4.91. The monoisotopic (exact) mass is 103 g/mol. The molecule has 0 aromatic carbocycles. The van der Waals surface area contributed by atoms with Crippen molar-refractivity contribution in [1.82, 2.24) is 5.32 Å². The molecule has 1 saturated heterocycles. The number of halogens is 1. The van der Waals surface area contributed by atoms with Crippen LogP contribution < -0.4 is 5.32 Å². The molecule has 42 valence electrons. The third kappa shape index (κ3) is 0.752. The van der Waals surface area contributed by atoms with Crippen LogP contribution in [0.1, 0.15) is 13.3 Å². The lowest BCUT2D eigenvalue weighted by Crippen LogP contribution is -2.55. The minimum absolute atomic E-state index is 0.559. The number of nitrogens with one attached hydrogen (secondary N) is 1. The lowest BCUT2D eigenvalue weighted by molar-refractivity contribution is 0.0864. The van der Waals surface area contributed by atoms with Gasteiger partial charge in [-0.15, -0.1) is 0 Å². The largest absolute Gasteiger partial charge is 0.310 e. The Morgan fingerprint density at radius 2 is 2.29 bits per heavy atom. The molecular formula is C5H10FN. The summed E-state index contributed by atoms with van der Waals surface area (Å²) in [7, 11) is 0. The second-order valence-electron chi connectivity index (χ2n) is 2.11. The van der Waals surface area contributed by atoms with Crippen LogP contribution in [0, 0.1) is 0 Å². The number of hydrogen-bond donors (Lipinski definition) is 1. The highest BCUT2D eigenvalue weighted by Gasteiger charge is 2.34. The lowest BCUT2D eigenvalue weighted by atomic mass is 9.97. The molecule has 1 fully saturated rings. The molecule has 0 unspecified atom stereocenters. The summed E-state index contributed by atoms with van der Waals surface area (Å²) in [5, 5.41) is 2.88. The van der Waals surface area contributed by atoms with Gasteiger partial charge in [0.2, 0.25) is 0 Å². The molecular weight excluding hydrogens is 93.1 g/mol. The molecule has 0 bridgehead atoms. The third-order valence-corrected chi connectivity index (χ3v) is 1.52. The van der Waals surface area contributed by atoms with Gasteiger partial charge < -0.3 is 5.32 Å². The number of hydrogen-bond acceptors (Lipinski definition) is 1. The second kappa shape index (κ2) is 1.44. The first-order valence-electron chi connectivity index (χ1n) is 2.66. The zero-order valence-electron chi connectivity index (χ0n) is 4.50. The van der Waals surface area contributed by atoms with Gasteiger partial charge in [-0.3, -0.25) is 0 Å². The van der Waals surface area contributed by atoms with Crippen LogP contribution in [-0.2, 0) is 0 Å². The fourth-order valence-corrected chi connectivity index (χ4v) is 0.646. The average molecular weight is 103 g/mol. The van der Waals surface area contributed by atoms with E-state index in [4.69, 9.17) is 0 Å². The van der Waals surface area contributed by atoms with Crippen molar-refractivity contribution in [2.24, 2.45) is 0 Å². The predicted octanol–water partition coefficient (Wildman–Crippen LogP) is 0.708. The molecule has 1 heterocycles. The normalized spacial score (nSPS) is 26.6. The summed E-state index contributed by atoms with van der Waals surface area (Å²) in [5.74, 6) is 0. The van der Waals surface area contributed by atoms with Gasteiger partial charge >= 0.3 is 0 Å². The molecule has 1 rings (SSSR count). The number of rotatable bonds is 1. The summed E-state index contributed by atoms with van der Waals surface area (Å²) < 4.78 is 12.6. The van der Waals surface area contributed by atoms with E-state index in [0.717, 1.165) is 0 Å². The summed E-state index contributed by atoms with van der Waals surface area (Å²) in [5.41, 5.74) is -0.847. The first-order valence-corrected chi connectivity index (χ1v) is 2.66. The van der Waals surface area contributed by atoms with Crippen LogP contribution >= 0.6 is 0 Å². The van der Waals surface area contributed by atoms with Crippen LogP contribution in [-0.4, -0.2) is 18.8 Å². The van der Waals surface area contributed by atoms with Gasteiger partial charge in [-0.05, 0) is 6.42 Å². The zero-order chi connectivity index (χ0) is 5.33. The van der Waals surface area contributed by atoms with E-state index in [9.17, 15) is 4.39 Å². The molecule has 0 aromatic heterocycles. The number of alkyl halides is 1. The molecule has 0 aliphatic carbocycles. The van der Waals surface area contributed by atoms with Crippen LogP contribution in [0.4, 0.5) is 4.39 Å². The fraction of sp³-hybridized carbons (Fsp3) is 1.00. The van der Waals surface area contributed by atoms with E-state index >= 15 is 0 Å². The van der Waals surface area contributed by atoms with Crippen molar-refractivity contribution in [3.8, 4) is 0 Å². The molecule has 0 amide bonds. The van der Waals surface area contributed by atoms with Gasteiger partial charge in [0.1, 0.15) is 5.67 Å². The Morgan fingerprint density at radius 1 is 1.71 bits per heavy atom. The average Bonchev–Trinajstić information content (AvgIpc) is 1.61. The van der Waals surface area contributed by atoms with Crippen LogP contribution in [0.25, 0.3) is 0 Å². The maximum atomic E-state index is 12.6. The van der Waals surface area contributed by atoms with E-state index in [-0.39, 0.29) is 0 Å². The Kier molecular flexibility index (Phi) is 1.04. The Labute approximate surface area is 42.9 Å². The summed E-state index contributed by atoms with van der Waals surface area (Å²) in [4.78, 5) is 0. The molecule has 1 aliphatic heterocycles. The fourth-order valence-electron chi connectivity index (χ4n) is 0.646. The van der Waals surface area contributed by atoms with Gasteiger partial charge in [-0.2, -0.15) is 0 Å². The van der Waals surface area contributed by atoms with Crippen LogP contribution in [0.5, 0.6) is 0 Å². The van der Waals surface area contributed by atoms with E-state index in [1.54, 1.807) is 0 Å². The van der Waals surface area contributed by atoms with Crippen molar-refractivity contribution in [2.75, 3.05) is 13.1 Å². The molecule has 2 heteroatoms. The van der Waals surface area contributed by atoms with Crippen molar-refractivity contribution >= 4 is 0 Å². The summed E-state index contributed by atoms with van der Waals surface area (Å²) in [6, 6.07) is 0. The Hall–Kier alpha value is -0.110. The van der Waals surface area contributed by atoms with E-state index in [0.29, 0.717) is 19.5 Å². The molecule has 1 N–H and O–H groups in total. The minimum Gasteiger partial charge on any atom is -0.310 e. The van der Waals surface area contributed by atoms with E-state index < -0.39 is 5.67 Å². The van der Waals surface area contributed by atoms with Gasteiger partial charge in [0.15, 0.2) is 0 Å². The molecule has 0 aromatic rings. The van der Waals surface area contributed by atoms with Crippen LogP contribution in [0.15, 0.2) is 0 Å². The summed E-state index contributed by atoms with van der Waals surface area (Å²) in [6.07, 6.45) is 0.653. The lowest BCUT2D eigenvalue weighted by Gasteiger charge is -2.33. The van der Waals surface area contributed by atoms with Crippen LogP contribution in [0.2, 0.25) is 0 Å². The van der Waals surface area contributed by atoms with E-state index in [2.05, 4.69) is 5.32 Å². The maximum Gasteiger partial charge on any atom is 0.135 e. The summed E-state index contributed by atoms with van der Waals surface area (Å²) in [6.45, 7) is 2.99. The first-order chi connectivity index (χ1) is 3.27. The maximum absolute atomic E-state index is 12.6. The highest BCUT2D eigenvalue weighted by Crippen LogP contribution is 2.19. The SMILES string of the molecule is CCC1(F)CNC1. The standard InChI is InChI=1S/C5H10FN/c1-2-5(6)3-7-4-5/h7H,2-4H2,1H3. The van der Waals surface area contributed by atoms with Crippen LogP contribution in [0.3, 0.4) is 0 Å². The van der Waals surface area contributed by atoms with Gasteiger partial charge in [0, 0.05) is 13.1 Å². The molecule has 0 saturated carbocycles. The minimum atomic E-state index is -0.847. The smallest absolute Gasteiger partial charge is 0.135 e. The molecule has 7 heavy (non-hydrogen) atoms. The van der Waals surface area contributed by atoms with Crippen molar-refractivity contribution in [2.45, 2.75) is 19.0 Å². The van der Waals surface area contributed by atoms with Gasteiger partial charge in [0.05, 0.1) is 0 Å². The van der Waals surface area contributed by atoms with E-state index in [1.165, 1.54) is 0 Å². The van der Waals surface area contributed by atoms with Gasteiger partial charge in [0.25, 0.3) is 0 Å². The molecule has 1 nitrogen and oxygen atoms in total. The molecule has 0 spiro atoms. The first kappa shape index (κ1) is 5.04. The zero-order valence-corrected chi connectivity index (χ0v) is 4.50. The van der Waals surface area contributed by atoms with Crippen molar-refractivity contribution in [1.29, 1.82) is 0 Å². The second-order valence-corrected chi connectivity index (χ2v) is 2.11. The third-order valence-electron chi connectivity index (χ3n) is 1.52. The topological polar surface area (TPSA) is 12.0 Å². The quantitative estimate of drug-likeness (QED) is 0.515. The predicted molar refractivity (Wildman–Crippen MR) is 27.0 cm³/mol. The van der Waals surface area contributed by atoms with Crippen molar-refractivity contribution < 1.29 is 4.39 Å². The van der Waals surface area contributed by atoms with Gasteiger partial charge in [-0.1, -0.05) is 6.92 Å². The van der Waals surface area contributed by atoms with E-state index in [1.807, 2.05) is 6.92 Å². The summed E-state index contributed by atoms with van der Waals surface area (Å²) >= 11 is 0.